The lowest BCUT2D eigenvalue weighted by Gasteiger charge is -2.28. The number of amides is 2. The largest absolute Gasteiger partial charge is 0.274 e. The summed E-state index contributed by atoms with van der Waals surface area (Å²) < 4.78 is 30.6. The molecular weight excluding hydrogens is 583 g/mol. The van der Waals surface area contributed by atoms with Crippen molar-refractivity contribution in [3.8, 4) is 0 Å². The molecule has 3 aromatic rings. The van der Waals surface area contributed by atoms with Crippen LogP contribution in [0.2, 0.25) is 0 Å². The molecule has 2 heterocycles. The molecule has 9 heteroatoms. The number of sulfonamides is 1. The van der Waals surface area contributed by atoms with E-state index >= 15 is 0 Å². The number of benzene rings is 2. The molecule has 0 spiro atoms. The Morgan fingerprint density at radius 3 is 2.21 bits per heavy atom. The number of hydrogen-bond donors (Lipinski definition) is 0. The van der Waals surface area contributed by atoms with E-state index in [4.69, 9.17) is 0 Å². The first-order valence-corrected chi connectivity index (χ1v) is 14.2. The van der Waals surface area contributed by atoms with Gasteiger partial charge in [-0.15, -0.1) is 11.3 Å². The zero-order chi connectivity index (χ0) is 24.8. The van der Waals surface area contributed by atoms with Crippen molar-refractivity contribution >= 4 is 61.5 Å². The summed E-state index contributed by atoms with van der Waals surface area (Å²) in [6.07, 6.45) is -0.196. The van der Waals surface area contributed by atoms with Crippen LogP contribution in [-0.2, 0) is 26.2 Å². The molecule has 1 saturated heterocycles. The van der Waals surface area contributed by atoms with E-state index in [0.717, 1.165) is 24.5 Å². The Morgan fingerprint density at radius 2 is 1.65 bits per heavy atom. The maximum atomic E-state index is 14.2. The smallest absolute Gasteiger partial charge is 0.252 e. The van der Waals surface area contributed by atoms with Crippen LogP contribution in [0.4, 0.5) is 5.69 Å². The summed E-state index contributed by atoms with van der Waals surface area (Å²) in [7, 11) is -4.10. The van der Waals surface area contributed by atoms with E-state index < -0.39 is 27.9 Å². The summed E-state index contributed by atoms with van der Waals surface area (Å²) in [4.78, 5) is 28.7. The molecule has 2 amide bonds. The molecule has 178 valence electrons. The van der Waals surface area contributed by atoms with Crippen LogP contribution in [0.25, 0.3) is 0 Å². The number of rotatable bonds is 6. The van der Waals surface area contributed by atoms with Gasteiger partial charge in [-0.1, -0.05) is 12.1 Å². The molecular formula is C25H25IN2O4S2. The van der Waals surface area contributed by atoms with E-state index in [1.54, 1.807) is 26.0 Å². The molecule has 0 N–H and O–H groups in total. The van der Waals surface area contributed by atoms with Crippen LogP contribution in [-0.4, -0.2) is 30.6 Å². The minimum atomic E-state index is -4.10. The first-order chi connectivity index (χ1) is 16.0. The highest BCUT2D eigenvalue weighted by Gasteiger charge is 2.47. The van der Waals surface area contributed by atoms with Crippen molar-refractivity contribution in [3.63, 3.8) is 0 Å². The highest BCUT2D eigenvalue weighted by molar-refractivity contribution is 14.1. The topological polar surface area (TPSA) is 74.8 Å². The molecule has 0 bridgehead atoms. The molecule has 1 aliphatic rings. The average Bonchev–Trinajstić information content (AvgIpc) is 3.39. The number of aryl methyl sites for hydroxylation is 2. The van der Waals surface area contributed by atoms with E-state index in [1.807, 2.05) is 49.6 Å². The van der Waals surface area contributed by atoms with Gasteiger partial charge in [0, 0.05) is 15.0 Å². The van der Waals surface area contributed by atoms with E-state index in [9.17, 15) is 18.0 Å². The fraction of sp³-hybridized carbons (Fsp3) is 0.280. The fourth-order valence-corrected chi connectivity index (χ4v) is 7.59. The van der Waals surface area contributed by atoms with Crippen LogP contribution in [0.15, 0.2) is 52.7 Å². The van der Waals surface area contributed by atoms with Crippen molar-refractivity contribution in [2.75, 3.05) is 4.90 Å². The summed E-state index contributed by atoms with van der Waals surface area (Å²) in [6.45, 7) is 7.37. The van der Waals surface area contributed by atoms with Gasteiger partial charge in [-0.25, -0.2) is 13.3 Å². The molecule has 1 aromatic heterocycles. The number of nitrogens with zero attached hydrogens (tertiary/aromatic N) is 2. The minimum Gasteiger partial charge on any atom is -0.274 e. The third-order valence-corrected chi connectivity index (χ3v) is 10.0. The maximum Gasteiger partial charge on any atom is 0.252 e. The van der Waals surface area contributed by atoms with Crippen LogP contribution in [0.3, 0.4) is 0 Å². The van der Waals surface area contributed by atoms with Gasteiger partial charge in [0.1, 0.15) is 6.04 Å². The third kappa shape index (κ3) is 4.46. The second-order valence-corrected chi connectivity index (χ2v) is 12.6. The van der Waals surface area contributed by atoms with Crippen molar-refractivity contribution in [2.45, 2.75) is 51.6 Å². The predicted octanol–water partition coefficient (Wildman–Crippen LogP) is 5.11. The van der Waals surface area contributed by atoms with Crippen LogP contribution in [0.5, 0.6) is 0 Å². The fourth-order valence-electron chi connectivity index (χ4n) is 4.31. The zero-order valence-electron chi connectivity index (χ0n) is 19.3. The Kier molecular flexibility index (Phi) is 7.01. The van der Waals surface area contributed by atoms with Gasteiger partial charge >= 0.3 is 0 Å². The van der Waals surface area contributed by atoms with Crippen molar-refractivity contribution in [1.82, 2.24) is 4.31 Å². The van der Waals surface area contributed by atoms with E-state index in [2.05, 4.69) is 22.6 Å². The lowest BCUT2D eigenvalue weighted by Crippen LogP contribution is -2.45. The van der Waals surface area contributed by atoms with Gasteiger partial charge in [0.2, 0.25) is 15.9 Å². The Labute approximate surface area is 217 Å². The Balaban J connectivity index is 1.83. The SMILES string of the molecule is Cc1cc(C)c(C)c(S(=O)(=O)N(Cc2cccs2)C2CC(=O)N(c3ccc(I)cc3)C2=O)c1C. The lowest BCUT2D eigenvalue weighted by molar-refractivity contribution is -0.122. The van der Waals surface area contributed by atoms with Crippen molar-refractivity contribution in [2.24, 2.45) is 0 Å². The number of hydrogen-bond acceptors (Lipinski definition) is 5. The van der Waals surface area contributed by atoms with Gasteiger partial charge < -0.3 is 0 Å². The molecule has 0 radical (unpaired) electrons. The summed E-state index contributed by atoms with van der Waals surface area (Å²) in [5, 5.41) is 1.87. The molecule has 1 atom stereocenters. The first kappa shape index (κ1) is 25.0. The highest BCUT2D eigenvalue weighted by atomic mass is 127. The molecule has 1 fully saturated rings. The van der Waals surface area contributed by atoms with Crippen LogP contribution >= 0.6 is 33.9 Å². The molecule has 6 nitrogen and oxygen atoms in total. The summed E-state index contributed by atoms with van der Waals surface area (Å²) >= 11 is 3.57. The molecule has 2 aromatic carbocycles. The second-order valence-electron chi connectivity index (χ2n) is 8.48. The molecule has 0 aliphatic carbocycles. The molecule has 1 aliphatic heterocycles. The van der Waals surface area contributed by atoms with Gasteiger partial charge in [0.25, 0.3) is 5.91 Å². The van der Waals surface area contributed by atoms with Gasteiger partial charge in [0.05, 0.1) is 17.0 Å². The molecule has 0 saturated carbocycles. The van der Waals surface area contributed by atoms with Crippen molar-refractivity contribution < 1.29 is 18.0 Å². The lowest BCUT2D eigenvalue weighted by atomic mass is 10.0. The number of imide groups is 1. The Morgan fingerprint density at radius 1 is 1.03 bits per heavy atom. The van der Waals surface area contributed by atoms with Crippen molar-refractivity contribution in [1.29, 1.82) is 0 Å². The molecule has 4 rings (SSSR count). The Hall–Kier alpha value is -2.08. The minimum absolute atomic E-state index is 0.0239. The third-order valence-electron chi connectivity index (χ3n) is 6.31. The number of halogens is 1. The quantitative estimate of drug-likeness (QED) is 0.288. The molecule has 1 unspecified atom stereocenters. The molecule has 34 heavy (non-hydrogen) atoms. The standard InChI is InChI=1S/C25H25IN2O4S2/c1-15-12-16(2)18(4)24(17(15)3)34(31,32)27(14-21-6-5-11-33-21)22-13-23(29)28(25(22)30)20-9-7-19(26)8-10-20/h5-12,22H,13-14H2,1-4H3. The average molecular weight is 609 g/mol. The highest BCUT2D eigenvalue weighted by Crippen LogP contribution is 2.35. The summed E-state index contributed by atoms with van der Waals surface area (Å²) in [5.74, 6) is -0.928. The Bertz CT molecular complexity index is 1340. The van der Waals surface area contributed by atoms with Crippen LogP contribution in [0, 0.1) is 31.3 Å². The number of carbonyl (C=O) groups excluding carboxylic acids is 2. The van der Waals surface area contributed by atoms with E-state index in [0.29, 0.717) is 16.8 Å². The van der Waals surface area contributed by atoms with Crippen LogP contribution in [0.1, 0.15) is 33.6 Å². The zero-order valence-corrected chi connectivity index (χ0v) is 23.1. The predicted molar refractivity (Wildman–Crippen MR) is 142 cm³/mol. The van der Waals surface area contributed by atoms with Gasteiger partial charge in [-0.3, -0.25) is 9.59 Å². The van der Waals surface area contributed by atoms with Gasteiger partial charge in [0.15, 0.2) is 0 Å². The van der Waals surface area contributed by atoms with Crippen molar-refractivity contribution in [3.05, 3.63) is 78.5 Å². The van der Waals surface area contributed by atoms with E-state index in [-0.39, 0.29) is 17.9 Å². The number of anilines is 1. The van der Waals surface area contributed by atoms with Gasteiger partial charge in [-0.05, 0) is 108 Å². The summed E-state index contributed by atoms with van der Waals surface area (Å²) in [6, 6.07) is 11.6. The number of carbonyl (C=O) groups is 2. The maximum absolute atomic E-state index is 14.2. The normalized spacial score (nSPS) is 16.6. The van der Waals surface area contributed by atoms with Crippen LogP contribution < -0.4 is 4.90 Å². The number of thiophene rings is 1. The van der Waals surface area contributed by atoms with E-state index in [1.165, 1.54) is 15.6 Å². The summed E-state index contributed by atoms with van der Waals surface area (Å²) in [5.41, 5.74) is 3.50. The monoisotopic (exact) mass is 608 g/mol. The van der Waals surface area contributed by atoms with Gasteiger partial charge in [-0.2, -0.15) is 4.31 Å². The second kappa shape index (κ2) is 9.52. The first-order valence-electron chi connectivity index (χ1n) is 10.8.